The number of carbonyl (C=O) groups excluding carboxylic acids is 1. The van der Waals surface area contributed by atoms with Gasteiger partial charge in [-0.25, -0.2) is 0 Å². The molecule has 0 radical (unpaired) electrons. The van der Waals surface area contributed by atoms with E-state index >= 15 is 0 Å². The molecule has 1 aromatic carbocycles. The molecule has 0 N–H and O–H groups in total. The highest BCUT2D eigenvalue weighted by Crippen LogP contribution is 2.31. The van der Waals surface area contributed by atoms with Gasteiger partial charge in [0.25, 0.3) is 0 Å². The van der Waals surface area contributed by atoms with E-state index in [-0.39, 0.29) is 5.78 Å². The van der Waals surface area contributed by atoms with Crippen LogP contribution in [0.4, 0.5) is 0 Å². The van der Waals surface area contributed by atoms with E-state index in [9.17, 15) is 4.79 Å². The SMILES string of the molecule is C/C=C\C(=C/CCCC)C1=CC(CC(C)c2ccc(C(C)=O)cc2)C=C1.CC. The molecule has 1 aromatic rings. The van der Waals surface area contributed by atoms with Crippen LogP contribution in [0.1, 0.15) is 89.1 Å². The van der Waals surface area contributed by atoms with Crippen LogP contribution in [0.15, 0.2) is 71.9 Å². The lowest BCUT2D eigenvalue weighted by Gasteiger charge is -2.15. The predicted molar refractivity (Wildman–Crippen MR) is 124 cm³/mol. The highest BCUT2D eigenvalue weighted by Gasteiger charge is 2.16. The van der Waals surface area contributed by atoms with Crippen molar-refractivity contribution in [1.29, 1.82) is 0 Å². The van der Waals surface area contributed by atoms with Crippen LogP contribution in [-0.4, -0.2) is 5.78 Å². The average molecular weight is 379 g/mol. The Morgan fingerprint density at radius 2 is 1.86 bits per heavy atom. The van der Waals surface area contributed by atoms with Crippen molar-refractivity contribution in [3.05, 3.63) is 83.0 Å². The Morgan fingerprint density at radius 1 is 1.18 bits per heavy atom. The van der Waals surface area contributed by atoms with Crippen molar-refractivity contribution >= 4 is 5.78 Å². The zero-order chi connectivity index (χ0) is 20.9. The summed E-state index contributed by atoms with van der Waals surface area (Å²) in [5, 5.41) is 0. The summed E-state index contributed by atoms with van der Waals surface area (Å²) < 4.78 is 0. The Kier molecular flexibility index (Phi) is 11.2. The van der Waals surface area contributed by atoms with Crippen LogP contribution in [0.3, 0.4) is 0 Å². The summed E-state index contributed by atoms with van der Waals surface area (Å²) in [5.74, 6) is 1.07. The molecule has 0 saturated carbocycles. The van der Waals surface area contributed by atoms with Gasteiger partial charge in [0.05, 0.1) is 0 Å². The summed E-state index contributed by atoms with van der Waals surface area (Å²) in [4.78, 5) is 11.4. The number of hydrogen-bond donors (Lipinski definition) is 0. The summed E-state index contributed by atoms with van der Waals surface area (Å²) in [5.41, 5.74) is 4.79. The minimum Gasteiger partial charge on any atom is -0.295 e. The number of allylic oxidation sites excluding steroid dienone is 8. The minimum absolute atomic E-state index is 0.127. The van der Waals surface area contributed by atoms with E-state index in [1.54, 1.807) is 6.92 Å². The third kappa shape index (κ3) is 7.46. The average Bonchev–Trinajstić information content (AvgIpc) is 3.17. The smallest absolute Gasteiger partial charge is 0.159 e. The van der Waals surface area contributed by atoms with Gasteiger partial charge in [-0.05, 0) is 55.2 Å². The second kappa shape index (κ2) is 13.1. The molecule has 2 rings (SSSR count). The number of ketones is 1. The van der Waals surface area contributed by atoms with Crippen molar-refractivity contribution in [3.63, 3.8) is 0 Å². The number of rotatable bonds is 9. The Labute approximate surface area is 172 Å². The number of carbonyl (C=O) groups is 1. The number of benzene rings is 1. The molecule has 28 heavy (non-hydrogen) atoms. The molecule has 1 aliphatic carbocycles. The molecule has 0 aromatic heterocycles. The lowest BCUT2D eigenvalue weighted by atomic mass is 9.90. The van der Waals surface area contributed by atoms with Crippen LogP contribution < -0.4 is 0 Å². The van der Waals surface area contributed by atoms with Gasteiger partial charge in [-0.15, -0.1) is 0 Å². The van der Waals surface area contributed by atoms with E-state index < -0.39 is 0 Å². The second-order valence-electron chi connectivity index (χ2n) is 7.26. The van der Waals surface area contributed by atoms with Gasteiger partial charge in [-0.2, -0.15) is 0 Å². The van der Waals surface area contributed by atoms with Gasteiger partial charge in [0.2, 0.25) is 0 Å². The van der Waals surface area contributed by atoms with Gasteiger partial charge in [-0.3, -0.25) is 4.79 Å². The zero-order valence-electron chi connectivity index (χ0n) is 18.7. The monoisotopic (exact) mass is 378 g/mol. The van der Waals surface area contributed by atoms with Crippen LogP contribution in [0.5, 0.6) is 0 Å². The highest BCUT2D eigenvalue weighted by molar-refractivity contribution is 5.94. The third-order valence-electron chi connectivity index (χ3n) is 5.03. The molecule has 1 aliphatic rings. The van der Waals surface area contributed by atoms with Gasteiger partial charge >= 0.3 is 0 Å². The normalized spacial score (nSPS) is 17.3. The van der Waals surface area contributed by atoms with Gasteiger partial charge in [0.1, 0.15) is 0 Å². The minimum atomic E-state index is 0.127. The van der Waals surface area contributed by atoms with Gasteiger partial charge in [-0.1, -0.05) is 101 Å². The molecule has 1 nitrogen and oxygen atoms in total. The van der Waals surface area contributed by atoms with Crippen molar-refractivity contribution < 1.29 is 4.79 Å². The topological polar surface area (TPSA) is 17.1 Å². The fraction of sp³-hybridized carbons (Fsp3) is 0.444. The molecule has 0 spiro atoms. The third-order valence-corrected chi connectivity index (χ3v) is 5.03. The molecule has 0 aliphatic heterocycles. The van der Waals surface area contributed by atoms with E-state index in [1.165, 1.54) is 29.6 Å². The van der Waals surface area contributed by atoms with Crippen molar-refractivity contribution in [2.45, 2.75) is 73.1 Å². The molecule has 1 heteroatoms. The van der Waals surface area contributed by atoms with E-state index in [0.717, 1.165) is 18.4 Å². The van der Waals surface area contributed by atoms with Crippen LogP contribution in [0, 0.1) is 5.92 Å². The van der Waals surface area contributed by atoms with Crippen LogP contribution >= 0.6 is 0 Å². The Morgan fingerprint density at radius 3 is 2.43 bits per heavy atom. The van der Waals surface area contributed by atoms with Crippen molar-refractivity contribution in [1.82, 2.24) is 0 Å². The summed E-state index contributed by atoms with van der Waals surface area (Å²) in [6, 6.07) is 8.09. The zero-order valence-corrected chi connectivity index (χ0v) is 18.7. The van der Waals surface area contributed by atoms with Crippen LogP contribution in [-0.2, 0) is 0 Å². The first kappa shape index (κ1) is 23.9. The molecular weight excluding hydrogens is 340 g/mol. The summed E-state index contributed by atoms with van der Waals surface area (Å²) >= 11 is 0. The molecule has 152 valence electrons. The molecule has 0 saturated heterocycles. The van der Waals surface area contributed by atoms with E-state index in [0.29, 0.717) is 11.8 Å². The largest absolute Gasteiger partial charge is 0.295 e. The van der Waals surface area contributed by atoms with Gasteiger partial charge < -0.3 is 0 Å². The molecule has 0 bridgehead atoms. The maximum atomic E-state index is 11.4. The van der Waals surface area contributed by atoms with Crippen molar-refractivity contribution in [3.8, 4) is 0 Å². The quantitative estimate of drug-likeness (QED) is 0.240. The Balaban J connectivity index is 0.00000190. The van der Waals surface area contributed by atoms with Crippen molar-refractivity contribution in [2.75, 3.05) is 0 Å². The standard InChI is InChI=1S/C25H32O.C2H6/c1-5-7-8-10-24(9-6-2)25-12-11-21(18-25)17-19(3)22-13-15-23(16-14-22)20(4)26;1-2/h6,9-16,18-19,21H,5,7-8,17H2,1-4H3;1-2H3/b9-6-,24-10+;. The van der Waals surface area contributed by atoms with Crippen molar-refractivity contribution in [2.24, 2.45) is 5.92 Å². The summed E-state index contributed by atoms with van der Waals surface area (Å²) in [7, 11) is 0. The molecule has 2 atom stereocenters. The Hall–Kier alpha value is -2.15. The Bertz CT molecular complexity index is 713. The maximum Gasteiger partial charge on any atom is 0.159 e. The summed E-state index contributed by atoms with van der Waals surface area (Å²) in [6.45, 7) is 12.2. The maximum absolute atomic E-state index is 11.4. The van der Waals surface area contributed by atoms with Gasteiger partial charge in [0.15, 0.2) is 5.78 Å². The fourth-order valence-electron chi connectivity index (χ4n) is 3.42. The second-order valence-corrected chi connectivity index (χ2v) is 7.26. The van der Waals surface area contributed by atoms with E-state index in [1.807, 2.05) is 26.0 Å². The lowest BCUT2D eigenvalue weighted by Crippen LogP contribution is -2.01. The molecule has 0 heterocycles. The predicted octanol–water partition coefficient (Wildman–Crippen LogP) is 8.21. The first-order chi connectivity index (χ1) is 13.5. The molecule has 0 amide bonds. The van der Waals surface area contributed by atoms with Crippen LogP contribution in [0.2, 0.25) is 0 Å². The molecule has 0 fully saturated rings. The lowest BCUT2D eigenvalue weighted by molar-refractivity contribution is 0.101. The highest BCUT2D eigenvalue weighted by atomic mass is 16.1. The number of hydrogen-bond acceptors (Lipinski definition) is 1. The first-order valence-corrected chi connectivity index (χ1v) is 10.9. The molecule has 2 unspecified atom stereocenters. The van der Waals surface area contributed by atoms with Crippen LogP contribution in [0.25, 0.3) is 0 Å². The first-order valence-electron chi connectivity index (χ1n) is 10.9. The number of unbranched alkanes of at least 4 members (excludes halogenated alkanes) is 2. The van der Waals surface area contributed by atoms with E-state index in [4.69, 9.17) is 0 Å². The number of Topliss-reactive ketones (excluding diaryl/α,β-unsaturated/α-hetero) is 1. The molecular formula is C27H38O. The fourth-order valence-corrected chi connectivity index (χ4v) is 3.42. The van der Waals surface area contributed by atoms with E-state index in [2.05, 4.69) is 69.4 Å². The summed E-state index contributed by atoms with van der Waals surface area (Å²) in [6.07, 6.45) is 18.4. The van der Waals surface area contributed by atoms with Gasteiger partial charge in [0, 0.05) is 5.56 Å².